The quantitative estimate of drug-likeness (QED) is 0.398. The van der Waals surface area contributed by atoms with Crippen LogP contribution in [0, 0.1) is 10.3 Å². The molecule has 3 aromatic carbocycles. The second kappa shape index (κ2) is 4.03. The summed E-state index contributed by atoms with van der Waals surface area (Å²) in [6.07, 6.45) is 0. The van der Waals surface area contributed by atoms with E-state index in [0.29, 0.717) is 0 Å². The molecule has 5 nitrogen and oxygen atoms in total. The van der Waals surface area contributed by atoms with Gasteiger partial charge in [0.05, 0.1) is 4.91 Å². The predicted octanol–water partition coefficient (Wildman–Crippen LogP) is 4.28. The zero-order valence-electron chi connectivity index (χ0n) is 9.82. The van der Waals surface area contributed by atoms with Crippen molar-refractivity contribution in [2.45, 2.75) is 0 Å². The topological polar surface area (TPSA) is 68.5 Å². The van der Waals surface area contributed by atoms with Crippen molar-refractivity contribution < 1.29 is 10.1 Å². The summed E-state index contributed by atoms with van der Waals surface area (Å²) in [5, 5.41) is 21.6. The van der Waals surface area contributed by atoms with Gasteiger partial charge in [-0.15, -0.1) is 0 Å². The summed E-state index contributed by atoms with van der Waals surface area (Å²) in [4.78, 5) is 13.8. The standard InChI is InChI=1S/C14H9N3O2/c15-16-13-7-11-5-9-3-1-2-4-10(9)6-12(11)8-14(13)17(18)19/h1-8H,(H,18,19)/q+2. The monoisotopic (exact) mass is 251 g/mol. The normalized spacial score (nSPS) is 10.5. The van der Waals surface area contributed by atoms with Crippen molar-refractivity contribution in [2.24, 2.45) is 0 Å². The molecular weight excluding hydrogens is 242 g/mol. The third-order valence-corrected chi connectivity index (χ3v) is 3.11. The minimum absolute atomic E-state index is 0.0280. The van der Waals surface area contributed by atoms with Crippen molar-refractivity contribution in [2.75, 3.05) is 0 Å². The van der Waals surface area contributed by atoms with Crippen LogP contribution in [-0.4, -0.2) is 10.1 Å². The highest BCUT2D eigenvalue weighted by Gasteiger charge is 2.29. The highest BCUT2D eigenvalue weighted by molar-refractivity contribution is 6.01. The van der Waals surface area contributed by atoms with E-state index in [4.69, 9.17) is 10.6 Å². The minimum Gasteiger partial charge on any atom is -0.240 e. The molecule has 0 fully saturated rings. The lowest BCUT2D eigenvalue weighted by atomic mass is 10.0. The van der Waals surface area contributed by atoms with Gasteiger partial charge in [-0.25, -0.2) is 5.21 Å². The highest BCUT2D eigenvalue weighted by atomic mass is 16.6. The van der Waals surface area contributed by atoms with Crippen LogP contribution in [0.5, 0.6) is 0 Å². The molecule has 0 unspecified atom stereocenters. The molecule has 3 rings (SSSR count). The molecule has 0 spiro atoms. The number of diazo groups is 1. The molecule has 0 atom stereocenters. The van der Waals surface area contributed by atoms with E-state index in [1.165, 1.54) is 6.07 Å². The van der Waals surface area contributed by atoms with Gasteiger partial charge in [0, 0.05) is 12.1 Å². The molecule has 0 saturated carbocycles. The first kappa shape index (κ1) is 11.1. The summed E-state index contributed by atoms with van der Waals surface area (Å²) >= 11 is 0. The van der Waals surface area contributed by atoms with Crippen molar-refractivity contribution in [3.8, 4) is 0 Å². The van der Waals surface area contributed by atoms with Gasteiger partial charge in [-0.3, -0.25) is 0 Å². The third-order valence-electron chi connectivity index (χ3n) is 3.11. The molecule has 5 heteroatoms. The van der Waals surface area contributed by atoms with Gasteiger partial charge in [0.15, 0.2) is 4.98 Å². The van der Waals surface area contributed by atoms with E-state index >= 15 is 0 Å². The van der Waals surface area contributed by atoms with Crippen LogP contribution in [0.2, 0.25) is 0 Å². The van der Waals surface area contributed by atoms with Crippen LogP contribution in [-0.2, 0) is 0 Å². The lowest BCUT2D eigenvalue weighted by Gasteiger charge is -2.00. The van der Waals surface area contributed by atoms with Gasteiger partial charge in [0.1, 0.15) is 0 Å². The van der Waals surface area contributed by atoms with Crippen LogP contribution in [0.1, 0.15) is 0 Å². The number of hydrogen-bond acceptors (Lipinski definition) is 2. The van der Waals surface area contributed by atoms with Crippen LogP contribution < -0.4 is 0 Å². The van der Waals surface area contributed by atoms with Gasteiger partial charge in [0.2, 0.25) is 5.39 Å². The van der Waals surface area contributed by atoms with Crippen LogP contribution in [0.15, 0.2) is 48.5 Å². The van der Waals surface area contributed by atoms with Crippen molar-refractivity contribution in [3.63, 3.8) is 0 Å². The maximum atomic E-state index is 11.0. The number of fused-ring (bicyclic) bond motifs is 2. The molecule has 0 aliphatic heterocycles. The summed E-state index contributed by atoms with van der Waals surface area (Å²) < 4.78 is 0. The van der Waals surface area contributed by atoms with Crippen LogP contribution in [0.3, 0.4) is 0 Å². The third kappa shape index (κ3) is 1.76. The molecule has 0 amide bonds. The Labute approximate surface area is 107 Å². The Morgan fingerprint density at radius 1 is 0.947 bits per heavy atom. The fourth-order valence-corrected chi connectivity index (χ4v) is 2.20. The van der Waals surface area contributed by atoms with E-state index in [0.717, 1.165) is 21.5 Å². The van der Waals surface area contributed by atoms with Gasteiger partial charge in [-0.05, 0) is 33.7 Å². The average Bonchev–Trinajstić information content (AvgIpc) is 2.43. The fourth-order valence-electron chi connectivity index (χ4n) is 2.20. The van der Waals surface area contributed by atoms with Gasteiger partial charge in [0.25, 0.3) is 4.92 Å². The Morgan fingerprint density at radius 2 is 1.53 bits per heavy atom. The van der Waals surface area contributed by atoms with E-state index in [1.807, 2.05) is 36.4 Å². The Bertz CT molecular complexity index is 866. The number of nitrogens with zero attached hydrogens (tertiary/aromatic N) is 3. The van der Waals surface area contributed by atoms with Crippen LogP contribution in [0.4, 0.5) is 11.4 Å². The smallest absolute Gasteiger partial charge is 0.240 e. The summed E-state index contributed by atoms with van der Waals surface area (Å²) in [6.45, 7) is 0. The second-order valence-corrected chi connectivity index (χ2v) is 4.26. The first-order chi connectivity index (χ1) is 9.19. The Balaban J connectivity index is 2.42. The molecule has 90 valence electrons. The molecule has 0 aliphatic carbocycles. The molecule has 0 aromatic heterocycles. The molecule has 0 aliphatic rings. The summed E-state index contributed by atoms with van der Waals surface area (Å²) in [5.74, 6) is 0. The van der Waals surface area contributed by atoms with Crippen molar-refractivity contribution >= 4 is 32.9 Å². The first-order valence-electron chi connectivity index (χ1n) is 5.67. The number of hydrogen-bond donors (Lipinski definition) is 1. The zero-order chi connectivity index (χ0) is 13.4. The van der Waals surface area contributed by atoms with Gasteiger partial charge >= 0.3 is 11.4 Å². The lowest BCUT2D eigenvalue weighted by Crippen LogP contribution is -1.92. The summed E-state index contributed by atoms with van der Waals surface area (Å²) in [6, 6.07) is 14.7. The summed E-state index contributed by atoms with van der Waals surface area (Å²) in [7, 11) is 0. The Morgan fingerprint density at radius 3 is 2.05 bits per heavy atom. The fraction of sp³-hybridized carbons (Fsp3) is 0. The maximum Gasteiger partial charge on any atom is 0.466 e. The van der Waals surface area contributed by atoms with E-state index in [9.17, 15) is 4.91 Å². The summed E-state index contributed by atoms with van der Waals surface area (Å²) in [5.41, 5.74) is -0.0643. The Kier molecular flexibility index (Phi) is 2.36. The van der Waals surface area contributed by atoms with E-state index in [2.05, 4.69) is 4.98 Å². The van der Waals surface area contributed by atoms with Crippen LogP contribution in [0.25, 0.3) is 26.5 Å². The van der Waals surface area contributed by atoms with E-state index < -0.39 is 0 Å². The Hall–Kier alpha value is -3.00. The van der Waals surface area contributed by atoms with Crippen molar-refractivity contribution in [1.29, 1.82) is 5.39 Å². The molecule has 19 heavy (non-hydrogen) atoms. The van der Waals surface area contributed by atoms with Crippen molar-refractivity contribution in [3.05, 3.63) is 58.4 Å². The van der Waals surface area contributed by atoms with Gasteiger partial charge < -0.3 is 0 Å². The van der Waals surface area contributed by atoms with E-state index in [-0.39, 0.29) is 16.3 Å². The molecule has 0 saturated heterocycles. The average molecular weight is 251 g/mol. The lowest BCUT2D eigenvalue weighted by molar-refractivity contribution is -0.729. The largest absolute Gasteiger partial charge is 0.466 e. The highest BCUT2D eigenvalue weighted by Crippen LogP contribution is 2.34. The number of rotatable bonds is 1. The van der Waals surface area contributed by atoms with E-state index in [1.54, 1.807) is 6.07 Å². The van der Waals surface area contributed by atoms with Gasteiger partial charge in [-0.1, -0.05) is 24.3 Å². The molecule has 0 bridgehead atoms. The molecular formula is C14H9N3O2+2. The zero-order valence-corrected chi connectivity index (χ0v) is 9.82. The molecule has 3 aromatic rings. The molecule has 0 heterocycles. The molecule has 0 radical (unpaired) electrons. The SMILES string of the molecule is N#[N+]c1cc2cc3ccccc3cc2cc1[N+](=O)O. The van der Waals surface area contributed by atoms with Crippen LogP contribution >= 0.6 is 0 Å². The molecule has 1 N–H and O–H groups in total. The maximum absolute atomic E-state index is 11.0. The first-order valence-corrected chi connectivity index (χ1v) is 5.67. The minimum atomic E-state index is -0.302. The predicted molar refractivity (Wildman–Crippen MR) is 71.3 cm³/mol. The second-order valence-electron chi connectivity index (χ2n) is 4.26. The van der Waals surface area contributed by atoms with Gasteiger partial charge in [-0.2, -0.15) is 0 Å². The number of benzene rings is 3. The van der Waals surface area contributed by atoms with Crippen molar-refractivity contribution in [1.82, 2.24) is 0 Å².